The van der Waals surface area contributed by atoms with E-state index >= 15 is 0 Å². The number of carbonyl (C=O) groups is 1. The fourth-order valence-electron chi connectivity index (χ4n) is 2.32. The van der Waals surface area contributed by atoms with Gasteiger partial charge < -0.3 is 5.11 Å². The van der Waals surface area contributed by atoms with Crippen LogP contribution in [-0.4, -0.2) is 30.4 Å². The van der Waals surface area contributed by atoms with Crippen LogP contribution in [0.1, 0.15) is 54.4 Å². The van der Waals surface area contributed by atoms with Crippen molar-refractivity contribution < 1.29 is 34.7 Å². The van der Waals surface area contributed by atoms with Crippen LogP contribution in [0.4, 0.5) is 0 Å². The van der Waals surface area contributed by atoms with E-state index in [1.54, 1.807) is 0 Å². The molecule has 0 aliphatic rings. The second-order valence-electron chi connectivity index (χ2n) is 8.68. The van der Waals surface area contributed by atoms with Gasteiger partial charge in [-0.3, -0.25) is 4.79 Å². The number of aliphatic hydroxyl groups excluding tert-OH is 1. The number of aromatic nitrogens is 1. The van der Waals surface area contributed by atoms with Crippen molar-refractivity contribution in [2.75, 3.05) is 0 Å². The first kappa shape index (κ1) is 28.3. The van der Waals surface area contributed by atoms with Crippen molar-refractivity contribution in [2.45, 2.75) is 54.4 Å². The number of hydrogen-bond acceptors (Lipinski definition) is 4. The Morgan fingerprint density at radius 1 is 1.16 bits per heavy atom. The van der Waals surface area contributed by atoms with Gasteiger partial charge in [-0.1, -0.05) is 41.5 Å². The zero-order valence-electron chi connectivity index (χ0n) is 19.6. The van der Waals surface area contributed by atoms with Crippen LogP contribution in [0.5, 0.6) is 11.6 Å². The maximum absolute atomic E-state index is 11.8. The second kappa shape index (κ2) is 12.5. The summed E-state index contributed by atoms with van der Waals surface area (Å²) in [7, 11) is 0. The fraction of sp³-hybridized carbons (Fsp3) is 0.385. The molecule has 1 N–H and O–H groups in total. The van der Waals surface area contributed by atoms with Crippen LogP contribution < -0.4 is 4.74 Å². The van der Waals surface area contributed by atoms with Crippen molar-refractivity contribution in [1.82, 2.24) is 4.98 Å². The topological polar surface area (TPSA) is 59.4 Å². The fourth-order valence-corrected chi connectivity index (χ4v) is 3.97. The van der Waals surface area contributed by atoms with Crippen LogP contribution in [0.3, 0.4) is 0 Å². The molecule has 0 aliphatic heterocycles. The third-order valence-corrected chi connectivity index (χ3v) is 7.45. The van der Waals surface area contributed by atoms with Crippen molar-refractivity contribution >= 4 is 29.9 Å². The molecule has 0 fully saturated rings. The Balaban J connectivity index is 0.000000312. The van der Waals surface area contributed by atoms with E-state index in [9.17, 15) is 9.90 Å². The van der Waals surface area contributed by atoms with Gasteiger partial charge in [0, 0.05) is 37.0 Å². The first-order chi connectivity index (χ1) is 14.6. The van der Waals surface area contributed by atoms with Crippen molar-refractivity contribution in [3.63, 3.8) is 0 Å². The zero-order chi connectivity index (χ0) is 23.1. The molecular weight excluding hydrogens is 645 g/mol. The summed E-state index contributed by atoms with van der Waals surface area (Å²) >= 11 is 0.427. The number of ketones is 1. The molecule has 32 heavy (non-hydrogen) atoms. The van der Waals surface area contributed by atoms with Crippen LogP contribution in [0.15, 0.2) is 59.4 Å². The first-order valence-corrected chi connectivity index (χ1v) is 12.4. The molecule has 3 aromatic rings. The Hall–Kier alpha value is -1.71. The molecule has 1 radical (unpaired) electrons. The predicted octanol–water partition coefficient (Wildman–Crippen LogP) is 6.75. The van der Waals surface area contributed by atoms with Gasteiger partial charge in [0.2, 0.25) is 0 Å². The maximum atomic E-state index is 11.8. The van der Waals surface area contributed by atoms with Crippen LogP contribution in [0.25, 0.3) is 9.65 Å². The number of ether oxygens (including phenoxy) is 1. The average molecular weight is 678 g/mol. The summed E-state index contributed by atoms with van der Waals surface area (Å²) in [5.41, 5.74) is -0.683. The molecule has 0 aliphatic carbocycles. The molecule has 0 saturated heterocycles. The minimum atomic E-state index is -0.377. The summed E-state index contributed by atoms with van der Waals surface area (Å²) in [6.07, 6.45) is 4.85. The molecule has 1 aromatic carbocycles. The number of allylic oxidation sites excluding steroid dienone is 2. The van der Waals surface area contributed by atoms with Crippen LogP contribution >= 0.6 is 0 Å². The van der Waals surface area contributed by atoms with Gasteiger partial charge in [0.1, 0.15) is 5.76 Å². The molecule has 0 spiro atoms. The summed E-state index contributed by atoms with van der Waals surface area (Å²) in [5.74, 6) is 1.54. The third kappa shape index (κ3) is 8.01. The Labute approximate surface area is 211 Å². The van der Waals surface area contributed by atoms with Crippen molar-refractivity contribution in [3.05, 3.63) is 65.4 Å². The first-order valence-electron chi connectivity index (χ1n) is 10.5. The number of hydrogen-bond donors (Lipinski definition) is 1. The second-order valence-corrected chi connectivity index (χ2v) is 10.7. The molecule has 2 aromatic heterocycles. The van der Waals surface area contributed by atoms with Gasteiger partial charge in [0.05, 0.1) is 0 Å². The number of nitrogens with zero attached hydrogens (tertiary/aromatic N) is 1. The van der Waals surface area contributed by atoms with E-state index in [2.05, 4.69) is 22.1 Å². The van der Waals surface area contributed by atoms with Crippen molar-refractivity contribution in [2.24, 2.45) is 10.8 Å². The molecule has 3 rings (SSSR count). The molecule has 6 heteroatoms. The molecule has 0 atom stereocenters. The van der Waals surface area contributed by atoms with Gasteiger partial charge in [-0.05, 0) is 12.8 Å². The quantitative estimate of drug-likeness (QED) is 0.130. The van der Waals surface area contributed by atoms with Gasteiger partial charge in [-0.2, -0.15) is 0 Å². The third-order valence-electron chi connectivity index (χ3n) is 5.60. The SMILES string of the molecule is CCC(C)(C)C(=O)/C=C(\O)C(C)(C)CC.[Ir].[c-]1ccccc1Oc1cc2[se]ccc2cn1. The van der Waals surface area contributed by atoms with E-state index in [0.29, 0.717) is 26.1 Å². The Morgan fingerprint density at radius 3 is 2.44 bits per heavy atom. The summed E-state index contributed by atoms with van der Waals surface area (Å²) in [6.45, 7) is 11.7. The number of benzene rings is 1. The number of fused-ring (bicyclic) bond motifs is 1. The summed E-state index contributed by atoms with van der Waals surface area (Å²) in [6, 6.07) is 14.7. The monoisotopic (exact) mass is 679 g/mol. The van der Waals surface area contributed by atoms with Crippen LogP contribution in [0.2, 0.25) is 0 Å². The molecule has 0 unspecified atom stereocenters. The van der Waals surface area contributed by atoms with Gasteiger partial charge in [-0.15, -0.1) is 0 Å². The van der Waals surface area contributed by atoms with E-state index in [-0.39, 0.29) is 42.5 Å². The Bertz CT molecular complexity index is 1030. The van der Waals surface area contributed by atoms with E-state index in [0.717, 1.165) is 12.8 Å². The van der Waals surface area contributed by atoms with E-state index in [1.807, 2.05) is 78.1 Å². The Kier molecular flexibility index (Phi) is 11.1. The molecule has 0 saturated carbocycles. The number of rotatable bonds is 7. The summed E-state index contributed by atoms with van der Waals surface area (Å²) in [4.78, 5) is 18.3. The van der Waals surface area contributed by atoms with Crippen LogP contribution in [-0.2, 0) is 24.9 Å². The molecule has 4 nitrogen and oxygen atoms in total. The molecule has 2 heterocycles. The Morgan fingerprint density at radius 2 is 1.84 bits per heavy atom. The average Bonchev–Trinajstić information content (AvgIpc) is 3.22. The zero-order valence-corrected chi connectivity index (χ0v) is 23.7. The number of carbonyl (C=O) groups excluding carboxylic acids is 1. The van der Waals surface area contributed by atoms with Gasteiger partial charge in [-0.25, -0.2) is 0 Å². The normalized spacial score (nSPS) is 11.9. The minimum absolute atomic E-state index is 0. The molecule has 0 bridgehead atoms. The van der Waals surface area contributed by atoms with Gasteiger partial charge >= 0.3 is 99.1 Å². The summed E-state index contributed by atoms with van der Waals surface area (Å²) in [5, 5.41) is 11.1. The number of pyridine rings is 1. The number of aliphatic hydroxyl groups is 1. The predicted molar refractivity (Wildman–Crippen MR) is 128 cm³/mol. The summed E-state index contributed by atoms with van der Waals surface area (Å²) < 4.78 is 6.95. The molecular formula is C26H32IrNO3Se-. The van der Waals surface area contributed by atoms with Gasteiger partial charge in [0.25, 0.3) is 0 Å². The van der Waals surface area contributed by atoms with Crippen molar-refractivity contribution in [3.8, 4) is 11.6 Å². The number of para-hydroxylation sites is 1. The molecule has 175 valence electrons. The van der Waals surface area contributed by atoms with E-state index in [4.69, 9.17) is 4.74 Å². The molecule has 0 amide bonds. The standard InChI is InChI=1S/C13H8NOSe.C13H24O2.Ir/c1-2-4-11(5-3-1)15-13-8-12-10(9-14-13)6-7-16-12;1-7-12(3,4)10(14)9-11(15)13(5,6)8-2;/h1-4,6-9H;9,14H,7-8H2,1-6H3;/q-1;;/b;10-9-;. The van der Waals surface area contributed by atoms with Crippen molar-refractivity contribution in [1.29, 1.82) is 0 Å². The van der Waals surface area contributed by atoms with Gasteiger partial charge in [0.15, 0.2) is 5.78 Å². The van der Waals surface area contributed by atoms with Crippen LogP contribution in [0, 0.1) is 16.9 Å². The van der Waals surface area contributed by atoms with E-state index < -0.39 is 0 Å². The van der Waals surface area contributed by atoms with E-state index in [1.165, 1.54) is 15.7 Å².